The number of nitrogens with one attached hydrogen (secondary N) is 2. The van der Waals surface area contributed by atoms with Gasteiger partial charge in [0.15, 0.2) is 0 Å². The quantitative estimate of drug-likeness (QED) is 0.679. The summed E-state index contributed by atoms with van der Waals surface area (Å²) in [4.78, 5) is 11.3. The maximum Gasteiger partial charge on any atom is 0.252 e. The number of anilines is 1. The molecule has 0 unspecified atom stereocenters. The number of hydrogen-bond donors (Lipinski definition) is 2. The minimum atomic E-state index is -0.201. The first-order chi connectivity index (χ1) is 7.72. The van der Waals surface area contributed by atoms with Gasteiger partial charge in [0, 0.05) is 6.54 Å². The lowest BCUT2D eigenvalue weighted by Crippen LogP contribution is -2.23. The molecule has 0 aliphatic carbocycles. The van der Waals surface area contributed by atoms with Gasteiger partial charge in [-0.2, -0.15) is 0 Å². The Hall–Kier alpha value is -1.05. The number of carbonyl (C=O) groups excluding carboxylic acids is 1. The van der Waals surface area contributed by atoms with Gasteiger partial charge < -0.3 is 10.1 Å². The van der Waals surface area contributed by atoms with Crippen molar-refractivity contribution in [2.24, 2.45) is 0 Å². The zero-order valence-corrected chi connectivity index (χ0v) is 10.3. The molecule has 2 N–H and O–H groups in total. The van der Waals surface area contributed by atoms with Crippen LogP contribution in [0.2, 0.25) is 0 Å². The molecule has 6 nitrogen and oxygen atoms in total. The Balaban J connectivity index is 2.11. The molecule has 1 amide bonds. The summed E-state index contributed by atoms with van der Waals surface area (Å²) in [6.45, 7) is 6.08. The van der Waals surface area contributed by atoms with Gasteiger partial charge in [0.1, 0.15) is 11.6 Å². The number of nitrogens with zero attached hydrogens (tertiary/aromatic N) is 2. The summed E-state index contributed by atoms with van der Waals surface area (Å²) < 4.78 is 5.16. The minimum Gasteiger partial charge on any atom is -0.370 e. The number of aromatic nitrogens is 2. The number of rotatable bonds is 7. The lowest BCUT2D eigenvalue weighted by atomic mass is 10.6. The molecule has 0 fully saturated rings. The van der Waals surface area contributed by atoms with Gasteiger partial charge in [0.25, 0.3) is 5.91 Å². The van der Waals surface area contributed by atoms with Crippen LogP contribution in [-0.2, 0) is 9.53 Å². The third kappa shape index (κ3) is 5.15. The van der Waals surface area contributed by atoms with Gasteiger partial charge in [-0.3, -0.25) is 10.1 Å². The van der Waals surface area contributed by atoms with Gasteiger partial charge >= 0.3 is 0 Å². The van der Waals surface area contributed by atoms with E-state index in [-0.39, 0.29) is 12.5 Å². The molecular weight excluding hydrogens is 228 g/mol. The predicted molar refractivity (Wildman–Crippen MR) is 62.6 cm³/mol. The second-order valence-corrected chi connectivity index (χ2v) is 4.26. The number of amides is 1. The molecule has 1 heterocycles. The second kappa shape index (κ2) is 7.26. The summed E-state index contributed by atoms with van der Waals surface area (Å²) in [5.41, 5.74) is 0. The van der Waals surface area contributed by atoms with Gasteiger partial charge in [0.05, 0.1) is 6.61 Å². The van der Waals surface area contributed by atoms with Crippen LogP contribution in [0.15, 0.2) is 0 Å². The second-order valence-electron chi connectivity index (χ2n) is 3.08. The molecule has 0 saturated carbocycles. The first-order valence-corrected chi connectivity index (χ1v) is 5.92. The standard InChI is InChI=1S/C9H16N4O2S/c1-3-10-4-5-15-6-8(14)11-9-13-12-7(2)16-9/h10H,3-6H2,1-2H3,(H,11,13,14). The number of ether oxygens (including phenoxy) is 1. The summed E-state index contributed by atoms with van der Waals surface area (Å²) >= 11 is 1.34. The molecule has 0 atom stereocenters. The van der Waals surface area contributed by atoms with Crippen LogP contribution in [0, 0.1) is 6.92 Å². The molecule has 0 saturated heterocycles. The van der Waals surface area contributed by atoms with Crippen LogP contribution in [0.1, 0.15) is 11.9 Å². The van der Waals surface area contributed by atoms with E-state index in [0.29, 0.717) is 11.7 Å². The van der Waals surface area contributed by atoms with Crippen molar-refractivity contribution in [2.75, 3.05) is 31.6 Å². The lowest BCUT2D eigenvalue weighted by Gasteiger charge is -2.03. The molecule has 1 aromatic heterocycles. The first-order valence-electron chi connectivity index (χ1n) is 5.10. The molecule has 0 aromatic carbocycles. The Morgan fingerprint density at radius 1 is 1.50 bits per heavy atom. The highest BCUT2D eigenvalue weighted by molar-refractivity contribution is 7.15. The monoisotopic (exact) mass is 244 g/mol. The van der Waals surface area contributed by atoms with Crippen molar-refractivity contribution in [3.63, 3.8) is 0 Å². The van der Waals surface area contributed by atoms with Crippen molar-refractivity contribution in [3.05, 3.63) is 5.01 Å². The molecule has 16 heavy (non-hydrogen) atoms. The molecule has 0 aliphatic rings. The van der Waals surface area contributed by atoms with Gasteiger partial charge in [-0.05, 0) is 13.5 Å². The zero-order valence-electron chi connectivity index (χ0n) is 9.45. The number of aryl methyl sites for hydroxylation is 1. The highest BCUT2D eigenvalue weighted by Gasteiger charge is 2.05. The lowest BCUT2D eigenvalue weighted by molar-refractivity contribution is -0.120. The van der Waals surface area contributed by atoms with Crippen LogP contribution in [0.25, 0.3) is 0 Å². The highest BCUT2D eigenvalue weighted by atomic mass is 32.1. The van der Waals surface area contributed by atoms with Crippen LogP contribution in [0.3, 0.4) is 0 Å². The van der Waals surface area contributed by atoms with Crippen molar-refractivity contribution < 1.29 is 9.53 Å². The van der Waals surface area contributed by atoms with Crippen molar-refractivity contribution in [3.8, 4) is 0 Å². The Morgan fingerprint density at radius 2 is 2.31 bits per heavy atom. The van der Waals surface area contributed by atoms with E-state index in [1.807, 2.05) is 13.8 Å². The summed E-state index contributed by atoms with van der Waals surface area (Å²) in [6, 6.07) is 0. The van der Waals surface area contributed by atoms with E-state index in [2.05, 4.69) is 20.8 Å². The third-order valence-corrected chi connectivity index (χ3v) is 2.43. The van der Waals surface area contributed by atoms with Crippen molar-refractivity contribution in [1.29, 1.82) is 0 Å². The summed E-state index contributed by atoms with van der Waals surface area (Å²) in [7, 11) is 0. The summed E-state index contributed by atoms with van der Waals surface area (Å²) in [6.07, 6.45) is 0. The predicted octanol–water partition coefficient (Wildman–Crippen LogP) is 0.411. The smallest absolute Gasteiger partial charge is 0.252 e. The highest BCUT2D eigenvalue weighted by Crippen LogP contribution is 2.12. The SMILES string of the molecule is CCNCCOCC(=O)Nc1nnc(C)s1. The van der Waals surface area contributed by atoms with Gasteiger partial charge in [-0.25, -0.2) is 0 Å². The van der Waals surface area contributed by atoms with Crippen molar-refractivity contribution >= 4 is 22.4 Å². The molecular formula is C9H16N4O2S. The molecule has 1 rings (SSSR count). The van der Waals surface area contributed by atoms with Crippen molar-refractivity contribution in [2.45, 2.75) is 13.8 Å². The molecule has 7 heteroatoms. The van der Waals surface area contributed by atoms with E-state index >= 15 is 0 Å². The summed E-state index contributed by atoms with van der Waals surface area (Å²) in [5.74, 6) is -0.201. The third-order valence-electron chi connectivity index (χ3n) is 1.68. The molecule has 1 aromatic rings. The van der Waals surface area contributed by atoms with E-state index in [1.54, 1.807) is 0 Å². The van der Waals surface area contributed by atoms with Crippen LogP contribution in [-0.4, -0.2) is 42.4 Å². The molecule has 90 valence electrons. The van der Waals surface area contributed by atoms with Crippen LogP contribution in [0.5, 0.6) is 0 Å². The number of hydrogen-bond acceptors (Lipinski definition) is 6. The van der Waals surface area contributed by atoms with E-state index in [9.17, 15) is 4.79 Å². The van der Waals surface area contributed by atoms with E-state index in [4.69, 9.17) is 4.74 Å². The first kappa shape index (κ1) is 13.0. The van der Waals surface area contributed by atoms with Crippen molar-refractivity contribution in [1.82, 2.24) is 15.5 Å². The Labute approximate surface area is 98.4 Å². The normalized spacial score (nSPS) is 10.4. The van der Waals surface area contributed by atoms with Gasteiger partial charge in [-0.1, -0.05) is 18.3 Å². The van der Waals surface area contributed by atoms with Crippen LogP contribution >= 0.6 is 11.3 Å². The molecule has 0 radical (unpaired) electrons. The summed E-state index contributed by atoms with van der Waals surface area (Å²) in [5, 5.41) is 14.6. The Bertz CT molecular complexity index is 329. The number of likely N-dealkylation sites (N-methyl/N-ethyl adjacent to an activating group) is 1. The van der Waals surface area contributed by atoms with Gasteiger partial charge in [-0.15, -0.1) is 10.2 Å². The average Bonchev–Trinajstić information content (AvgIpc) is 2.63. The maximum absolute atomic E-state index is 11.3. The van der Waals surface area contributed by atoms with E-state index in [0.717, 1.165) is 18.1 Å². The zero-order chi connectivity index (χ0) is 11.8. The molecule has 0 spiro atoms. The Kier molecular flexibility index (Phi) is 5.91. The minimum absolute atomic E-state index is 0.0457. The maximum atomic E-state index is 11.3. The number of carbonyl (C=O) groups is 1. The van der Waals surface area contributed by atoms with Crippen LogP contribution < -0.4 is 10.6 Å². The fraction of sp³-hybridized carbons (Fsp3) is 0.667. The van der Waals surface area contributed by atoms with E-state index in [1.165, 1.54) is 11.3 Å². The fourth-order valence-corrected chi connectivity index (χ4v) is 1.60. The Morgan fingerprint density at radius 3 is 2.94 bits per heavy atom. The van der Waals surface area contributed by atoms with Crippen LogP contribution in [0.4, 0.5) is 5.13 Å². The molecule has 0 bridgehead atoms. The van der Waals surface area contributed by atoms with E-state index < -0.39 is 0 Å². The topological polar surface area (TPSA) is 76.1 Å². The fourth-order valence-electron chi connectivity index (χ4n) is 0.988. The largest absolute Gasteiger partial charge is 0.370 e. The average molecular weight is 244 g/mol. The molecule has 0 aliphatic heterocycles. The van der Waals surface area contributed by atoms with Gasteiger partial charge in [0.2, 0.25) is 5.13 Å².